The van der Waals surface area contributed by atoms with Crippen LogP contribution in [-0.4, -0.2) is 25.0 Å². The van der Waals surface area contributed by atoms with Crippen LogP contribution in [0.3, 0.4) is 0 Å². The third-order valence-corrected chi connectivity index (χ3v) is 5.39. The van der Waals surface area contributed by atoms with Crippen molar-refractivity contribution < 1.29 is 4.39 Å². The van der Waals surface area contributed by atoms with Crippen LogP contribution in [-0.2, 0) is 6.54 Å². The Morgan fingerprint density at radius 1 is 1.20 bits per heavy atom. The number of aromatic amines is 1. The lowest BCUT2D eigenvalue weighted by atomic mass is 9.88. The summed E-state index contributed by atoms with van der Waals surface area (Å²) in [5.74, 6) is -0.156. The Balaban J connectivity index is 1.82. The van der Waals surface area contributed by atoms with E-state index in [1.165, 1.54) is 18.5 Å². The van der Waals surface area contributed by atoms with Gasteiger partial charge in [-0.15, -0.1) is 0 Å². The van der Waals surface area contributed by atoms with Crippen LogP contribution in [0, 0.1) is 5.82 Å². The van der Waals surface area contributed by atoms with Crippen molar-refractivity contribution >= 4 is 16.5 Å². The standard InChI is InChI=1S/C21H20FN7O/c1-2-8-29-20(23-11-24-29)17-18(12-6-4-3-5-7-12)26-25-15-10-13(22)9-14-16(15)19(17)27-28-21(14)30/h3-7,9-11,17-18,25-26H,2,8H2,1H3,(H,28,30). The SMILES string of the molecule is CCCn1ncnc1C1c2n[nH]c(=O)c3cc(F)cc(c23)NNC1c1ccccc1. The first-order valence-electron chi connectivity index (χ1n) is 9.83. The molecule has 5 rings (SSSR count). The fourth-order valence-corrected chi connectivity index (χ4v) is 4.11. The van der Waals surface area contributed by atoms with E-state index in [0.29, 0.717) is 23.3 Å². The molecular formula is C21H20FN7O. The van der Waals surface area contributed by atoms with Gasteiger partial charge in [-0.05, 0) is 24.1 Å². The van der Waals surface area contributed by atoms with Crippen LogP contribution >= 0.6 is 0 Å². The van der Waals surface area contributed by atoms with Gasteiger partial charge in [0.25, 0.3) is 5.56 Å². The number of anilines is 1. The molecule has 9 heteroatoms. The van der Waals surface area contributed by atoms with Gasteiger partial charge in [0.15, 0.2) is 0 Å². The van der Waals surface area contributed by atoms with Gasteiger partial charge in [-0.2, -0.15) is 10.2 Å². The molecule has 0 saturated carbocycles. The highest BCUT2D eigenvalue weighted by Gasteiger charge is 2.36. The molecule has 0 bridgehead atoms. The lowest BCUT2D eigenvalue weighted by Crippen LogP contribution is -2.32. The normalized spacial score (nSPS) is 18.2. The van der Waals surface area contributed by atoms with Crippen molar-refractivity contribution in [3.8, 4) is 0 Å². The molecule has 2 aromatic carbocycles. The molecule has 0 radical (unpaired) electrons. The van der Waals surface area contributed by atoms with Crippen molar-refractivity contribution in [2.24, 2.45) is 0 Å². The van der Waals surface area contributed by atoms with Gasteiger partial charge < -0.3 is 5.43 Å². The van der Waals surface area contributed by atoms with Crippen LogP contribution < -0.4 is 16.4 Å². The summed E-state index contributed by atoms with van der Waals surface area (Å²) in [5, 5.41) is 12.2. The average molecular weight is 405 g/mol. The van der Waals surface area contributed by atoms with Crippen molar-refractivity contribution in [3.05, 3.63) is 82.0 Å². The van der Waals surface area contributed by atoms with Crippen LogP contribution in [0.2, 0.25) is 0 Å². The van der Waals surface area contributed by atoms with E-state index in [9.17, 15) is 9.18 Å². The fourth-order valence-electron chi connectivity index (χ4n) is 4.11. The average Bonchev–Trinajstić information content (AvgIpc) is 3.14. The second kappa shape index (κ2) is 7.34. The molecule has 0 amide bonds. The minimum atomic E-state index is -0.502. The Bertz CT molecular complexity index is 1270. The van der Waals surface area contributed by atoms with Crippen LogP contribution in [0.25, 0.3) is 10.8 Å². The molecule has 3 heterocycles. The van der Waals surface area contributed by atoms with Gasteiger partial charge in [-0.1, -0.05) is 37.3 Å². The van der Waals surface area contributed by atoms with Crippen LogP contribution in [0.5, 0.6) is 0 Å². The Morgan fingerprint density at radius 2 is 2.03 bits per heavy atom. The van der Waals surface area contributed by atoms with Crippen LogP contribution in [0.15, 0.2) is 53.6 Å². The summed E-state index contributed by atoms with van der Waals surface area (Å²) in [4.78, 5) is 17.0. The first-order chi connectivity index (χ1) is 14.7. The molecule has 8 nitrogen and oxygen atoms in total. The number of nitrogens with one attached hydrogen (secondary N) is 3. The van der Waals surface area contributed by atoms with Gasteiger partial charge in [0.1, 0.15) is 18.0 Å². The molecule has 1 aliphatic rings. The van der Waals surface area contributed by atoms with E-state index < -0.39 is 11.4 Å². The number of aryl methyl sites for hydroxylation is 1. The number of halogens is 1. The number of hydrogen-bond acceptors (Lipinski definition) is 6. The molecule has 2 unspecified atom stereocenters. The van der Waals surface area contributed by atoms with Gasteiger partial charge in [-0.3, -0.25) is 4.79 Å². The summed E-state index contributed by atoms with van der Waals surface area (Å²) < 4.78 is 16.1. The van der Waals surface area contributed by atoms with Gasteiger partial charge in [0.05, 0.1) is 28.7 Å². The fraction of sp³-hybridized carbons (Fsp3) is 0.238. The van der Waals surface area contributed by atoms with Gasteiger partial charge in [-0.25, -0.2) is 24.6 Å². The minimum absolute atomic E-state index is 0.240. The Hall–Kier alpha value is -3.59. The first-order valence-corrected chi connectivity index (χ1v) is 9.83. The van der Waals surface area contributed by atoms with Crippen molar-refractivity contribution in [1.82, 2.24) is 30.4 Å². The first kappa shape index (κ1) is 18.4. The molecule has 3 N–H and O–H groups in total. The maximum Gasteiger partial charge on any atom is 0.272 e. The highest BCUT2D eigenvalue weighted by molar-refractivity contribution is 5.96. The zero-order valence-electron chi connectivity index (χ0n) is 16.3. The molecule has 0 aliphatic carbocycles. The number of hydrogen-bond donors (Lipinski definition) is 3. The third kappa shape index (κ3) is 2.94. The largest absolute Gasteiger partial charge is 0.320 e. The monoisotopic (exact) mass is 405 g/mol. The summed E-state index contributed by atoms with van der Waals surface area (Å²) in [6, 6.07) is 12.2. The van der Waals surface area contributed by atoms with Gasteiger partial charge >= 0.3 is 0 Å². The molecular weight excluding hydrogens is 385 g/mol. The zero-order valence-corrected chi connectivity index (χ0v) is 16.3. The maximum absolute atomic E-state index is 14.2. The summed E-state index contributed by atoms with van der Waals surface area (Å²) in [6.07, 6.45) is 2.42. The summed E-state index contributed by atoms with van der Waals surface area (Å²) in [6.45, 7) is 2.77. The number of rotatable bonds is 4. The molecule has 30 heavy (non-hydrogen) atoms. The number of hydrazine groups is 1. The van der Waals surface area contributed by atoms with Crippen LogP contribution in [0.4, 0.5) is 10.1 Å². The van der Waals surface area contributed by atoms with Crippen LogP contribution in [0.1, 0.15) is 42.4 Å². The molecule has 2 atom stereocenters. The van der Waals surface area contributed by atoms with Gasteiger partial charge in [0, 0.05) is 11.9 Å². The third-order valence-electron chi connectivity index (χ3n) is 5.39. The summed E-state index contributed by atoms with van der Waals surface area (Å²) in [5.41, 5.74) is 8.04. The highest BCUT2D eigenvalue weighted by atomic mass is 19.1. The second-order valence-corrected chi connectivity index (χ2v) is 7.29. The van der Waals surface area contributed by atoms with E-state index in [2.05, 4.69) is 38.1 Å². The van der Waals surface area contributed by atoms with E-state index in [1.807, 2.05) is 35.0 Å². The molecule has 1 aliphatic heterocycles. The Morgan fingerprint density at radius 3 is 2.83 bits per heavy atom. The molecule has 0 saturated heterocycles. The Labute approximate surface area is 171 Å². The smallest absolute Gasteiger partial charge is 0.272 e. The Kier molecular flexibility index (Phi) is 4.51. The lowest BCUT2D eigenvalue weighted by Gasteiger charge is -2.26. The van der Waals surface area contributed by atoms with E-state index in [1.54, 1.807) is 0 Å². The maximum atomic E-state index is 14.2. The summed E-state index contributed by atoms with van der Waals surface area (Å²) in [7, 11) is 0. The number of H-pyrrole nitrogens is 1. The van der Waals surface area contributed by atoms with E-state index in [-0.39, 0.29) is 17.3 Å². The molecule has 0 fully saturated rings. The van der Waals surface area contributed by atoms with Gasteiger partial charge in [0.2, 0.25) is 0 Å². The zero-order chi connectivity index (χ0) is 20.7. The number of benzene rings is 2. The topological polar surface area (TPSA) is 101 Å². The number of nitrogens with zero attached hydrogens (tertiary/aromatic N) is 4. The summed E-state index contributed by atoms with van der Waals surface area (Å²) >= 11 is 0. The van der Waals surface area contributed by atoms with Crippen molar-refractivity contribution in [2.45, 2.75) is 31.8 Å². The number of aromatic nitrogens is 5. The second-order valence-electron chi connectivity index (χ2n) is 7.29. The molecule has 0 spiro atoms. The minimum Gasteiger partial charge on any atom is -0.320 e. The van der Waals surface area contributed by atoms with E-state index >= 15 is 0 Å². The predicted octanol–water partition coefficient (Wildman–Crippen LogP) is 2.87. The van der Waals surface area contributed by atoms with Crippen molar-refractivity contribution in [3.63, 3.8) is 0 Å². The highest BCUT2D eigenvalue weighted by Crippen LogP contribution is 2.41. The molecule has 152 valence electrons. The predicted molar refractivity (Wildman–Crippen MR) is 110 cm³/mol. The molecule has 2 aromatic heterocycles. The molecule has 4 aromatic rings. The quantitative estimate of drug-likeness (QED) is 0.483. The van der Waals surface area contributed by atoms with Crippen molar-refractivity contribution in [2.75, 3.05) is 5.43 Å². The lowest BCUT2D eigenvalue weighted by molar-refractivity contribution is 0.466. The van der Waals surface area contributed by atoms with E-state index in [0.717, 1.165) is 17.8 Å². The van der Waals surface area contributed by atoms with E-state index in [4.69, 9.17) is 0 Å². The van der Waals surface area contributed by atoms with Crippen molar-refractivity contribution in [1.29, 1.82) is 0 Å².